The highest BCUT2D eigenvalue weighted by Gasteiger charge is 2.11. The number of nitrogens with zero attached hydrogens (tertiary/aromatic N) is 2. The molecule has 2 rings (SSSR count). The second kappa shape index (κ2) is 5.09. The lowest BCUT2D eigenvalue weighted by Crippen LogP contribution is -2.36. The van der Waals surface area contributed by atoms with E-state index >= 15 is 0 Å². The van der Waals surface area contributed by atoms with Crippen molar-refractivity contribution in [1.82, 2.24) is 4.98 Å². The minimum absolute atomic E-state index is 0.251. The first kappa shape index (κ1) is 11.1. The topological polar surface area (TPSA) is 63.4 Å². The Bertz CT molecular complexity index is 362. The smallest absolute Gasteiger partial charge is 0.168 e. The fourth-order valence-electron chi connectivity index (χ4n) is 1.58. The third-order valence-corrected chi connectivity index (χ3v) is 2.45. The first-order chi connectivity index (χ1) is 7.75. The van der Waals surface area contributed by atoms with Crippen molar-refractivity contribution in [2.24, 2.45) is 5.73 Å². The van der Waals surface area contributed by atoms with Gasteiger partial charge in [-0.05, 0) is 24.4 Å². The van der Waals surface area contributed by atoms with Crippen molar-refractivity contribution in [3.63, 3.8) is 0 Å². The van der Waals surface area contributed by atoms with Crippen LogP contribution in [0.15, 0.2) is 18.3 Å². The molecule has 0 bridgehead atoms. The van der Waals surface area contributed by atoms with Gasteiger partial charge < -0.3 is 20.7 Å². The Hall–Kier alpha value is -1.40. The predicted octanol–water partition coefficient (Wildman–Crippen LogP) is 0.574. The summed E-state index contributed by atoms with van der Waals surface area (Å²) >= 11 is 4.75. The molecule has 16 heavy (non-hydrogen) atoms. The largest absolute Gasteiger partial charge is 0.378 e. The second-order valence-corrected chi connectivity index (χ2v) is 3.93. The lowest BCUT2D eigenvalue weighted by atomic mass is 10.3. The molecule has 1 aliphatic heterocycles. The molecule has 1 aromatic heterocycles. The average Bonchev–Trinajstić information content (AvgIpc) is 2.30. The fraction of sp³-hybridized carbons (Fsp3) is 0.400. The van der Waals surface area contributed by atoms with Crippen molar-refractivity contribution in [2.75, 3.05) is 36.5 Å². The Kier molecular flexibility index (Phi) is 3.53. The van der Waals surface area contributed by atoms with Gasteiger partial charge in [-0.15, -0.1) is 0 Å². The van der Waals surface area contributed by atoms with E-state index in [0.29, 0.717) is 0 Å². The van der Waals surface area contributed by atoms with Gasteiger partial charge in [-0.3, -0.25) is 0 Å². The molecule has 0 saturated carbocycles. The Morgan fingerprint density at radius 1 is 1.44 bits per heavy atom. The summed E-state index contributed by atoms with van der Waals surface area (Å²) in [6.45, 7) is 3.29. The van der Waals surface area contributed by atoms with Crippen LogP contribution in [0.2, 0.25) is 0 Å². The first-order valence-electron chi connectivity index (χ1n) is 5.11. The van der Waals surface area contributed by atoms with Crippen LogP contribution in [0.3, 0.4) is 0 Å². The zero-order valence-electron chi connectivity index (χ0n) is 8.85. The zero-order valence-corrected chi connectivity index (χ0v) is 9.67. The molecule has 0 unspecified atom stereocenters. The number of ether oxygens (including phenoxy) is 1. The molecular weight excluding hydrogens is 224 g/mol. The lowest BCUT2D eigenvalue weighted by Gasteiger charge is -2.27. The highest BCUT2D eigenvalue weighted by molar-refractivity contribution is 7.80. The third-order valence-electron chi connectivity index (χ3n) is 2.35. The molecule has 3 N–H and O–H groups in total. The summed E-state index contributed by atoms with van der Waals surface area (Å²) in [5, 5.41) is 3.09. The van der Waals surface area contributed by atoms with Gasteiger partial charge in [0.05, 0.1) is 25.1 Å². The van der Waals surface area contributed by atoms with Gasteiger partial charge in [-0.2, -0.15) is 0 Å². The minimum atomic E-state index is 0.251. The molecule has 0 amide bonds. The highest BCUT2D eigenvalue weighted by Crippen LogP contribution is 2.15. The van der Waals surface area contributed by atoms with Crippen LogP contribution in [0.5, 0.6) is 0 Å². The SMILES string of the molecule is NC(=S)Nc1ccc(N2CCOCC2)nc1. The molecule has 0 spiro atoms. The van der Waals surface area contributed by atoms with E-state index in [1.165, 1.54) is 0 Å². The Morgan fingerprint density at radius 3 is 2.75 bits per heavy atom. The maximum absolute atomic E-state index is 5.37. The van der Waals surface area contributed by atoms with Crippen molar-refractivity contribution in [1.29, 1.82) is 0 Å². The van der Waals surface area contributed by atoms with E-state index in [-0.39, 0.29) is 5.11 Å². The third kappa shape index (κ3) is 2.80. The van der Waals surface area contributed by atoms with E-state index < -0.39 is 0 Å². The van der Waals surface area contributed by atoms with E-state index in [4.69, 9.17) is 22.7 Å². The van der Waals surface area contributed by atoms with Gasteiger partial charge in [0.25, 0.3) is 0 Å². The van der Waals surface area contributed by atoms with Gasteiger partial charge in [0, 0.05) is 13.1 Å². The van der Waals surface area contributed by atoms with Crippen molar-refractivity contribution >= 4 is 28.8 Å². The van der Waals surface area contributed by atoms with Gasteiger partial charge in [0.15, 0.2) is 5.11 Å². The van der Waals surface area contributed by atoms with Crippen LogP contribution in [0, 0.1) is 0 Å². The number of aromatic nitrogens is 1. The number of rotatable bonds is 2. The summed E-state index contributed by atoms with van der Waals surface area (Å²) in [5.41, 5.74) is 6.18. The molecule has 5 nitrogen and oxygen atoms in total. The van der Waals surface area contributed by atoms with Crippen LogP contribution in [0.25, 0.3) is 0 Å². The summed E-state index contributed by atoms with van der Waals surface area (Å²) < 4.78 is 5.28. The number of morpholine rings is 1. The maximum atomic E-state index is 5.37. The normalized spacial score (nSPS) is 15.9. The van der Waals surface area contributed by atoms with Gasteiger partial charge in [0.1, 0.15) is 5.82 Å². The second-order valence-electron chi connectivity index (χ2n) is 3.49. The van der Waals surface area contributed by atoms with Crippen LogP contribution < -0.4 is 16.0 Å². The number of pyridine rings is 1. The highest BCUT2D eigenvalue weighted by atomic mass is 32.1. The number of hydrogen-bond acceptors (Lipinski definition) is 4. The number of anilines is 2. The summed E-state index contributed by atoms with van der Waals surface area (Å²) in [7, 11) is 0. The predicted molar refractivity (Wildman–Crippen MR) is 67.7 cm³/mol. The van der Waals surface area contributed by atoms with Crippen LogP contribution in [0.4, 0.5) is 11.5 Å². The molecule has 0 radical (unpaired) electrons. The Labute approximate surface area is 99.6 Å². The molecule has 1 saturated heterocycles. The number of nitrogens with one attached hydrogen (secondary N) is 1. The molecule has 6 heteroatoms. The van der Waals surface area contributed by atoms with Crippen LogP contribution in [-0.2, 0) is 4.74 Å². The van der Waals surface area contributed by atoms with Gasteiger partial charge in [0.2, 0.25) is 0 Å². The molecule has 1 aromatic rings. The Morgan fingerprint density at radius 2 is 2.19 bits per heavy atom. The molecule has 86 valence electrons. The summed E-state index contributed by atoms with van der Waals surface area (Å²) in [6, 6.07) is 3.86. The molecule has 1 fully saturated rings. The summed E-state index contributed by atoms with van der Waals surface area (Å²) in [5.74, 6) is 0.955. The molecule has 2 heterocycles. The monoisotopic (exact) mass is 238 g/mol. The van der Waals surface area contributed by atoms with E-state index in [1.807, 2.05) is 12.1 Å². The minimum Gasteiger partial charge on any atom is -0.378 e. The van der Waals surface area contributed by atoms with Crippen molar-refractivity contribution in [3.05, 3.63) is 18.3 Å². The van der Waals surface area contributed by atoms with Crippen LogP contribution in [-0.4, -0.2) is 36.4 Å². The molecular formula is C10H14N4OS. The average molecular weight is 238 g/mol. The summed E-state index contributed by atoms with van der Waals surface area (Å²) in [6.07, 6.45) is 1.73. The van der Waals surface area contributed by atoms with Crippen molar-refractivity contribution in [3.8, 4) is 0 Å². The van der Waals surface area contributed by atoms with Crippen LogP contribution in [0.1, 0.15) is 0 Å². The first-order valence-corrected chi connectivity index (χ1v) is 5.52. The summed E-state index contributed by atoms with van der Waals surface area (Å²) in [4.78, 5) is 6.54. The van der Waals surface area contributed by atoms with Gasteiger partial charge >= 0.3 is 0 Å². The standard InChI is InChI=1S/C10H14N4OS/c11-10(16)13-8-1-2-9(12-7-8)14-3-5-15-6-4-14/h1-2,7H,3-6H2,(H3,11,13,16). The number of nitrogens with two attached hydrogens (primary N) is 1. The Balaban J connectivity index is 2.03. The molecule has 0 aromatic carbocycles. The van der Waals surface area contributed by atoms with E-state index in [9.17, 15) is 0 Å². The van der Waals surface area contributed by atoms with Crippen molar-refractivity contribution in [2.45, 2.75) is 0 Å². The quantitative estimate of drug-likeness (QED) is 0.735. The number of thiocarbonyl (C=S) groups is 1. The van der Waals surface area contributed by atoms with Gasteiger partial charge in [-0.25, -0.2) is 4.98 Å². The van der Waals surface area contributed by atoms with Crippen molar-refractivity contribution < 1.29 is 4.74 Å². The van der Waals surface area contributed by atoms with E-state index in [1.54, 1.807) is 6.20 Å². The molecule has 1 aliphatic rings. The maximum Gasteiger partial charge on any atom is 0.168 e. The molecule has 0 aliphatic carbocycles. The number of hydrogen-bond donors (Lipinski definition) is 2. The fourth-order valence-corrected chi connectivity index (χ4v) is 1.70. The van der Waals surface area contributed by atoms with E-state index in [2.05, 4.69) is 15.2 Å². The molecule has 0 atom stereocenters. The van der Waals surface area contributed by atoms with Gasteiger partial charge in [-0.1, -0.05) is 0 Å². The van der Waals surface area contributed by atoms with E-state index in [0.717, 1.165) is 37.8 Å². The zero-order chi connectivity index (χ0) is 11.4. The van der Waals surface area contributed by atoms with Crippen LogP contribution >= 0.6 is 12.2 Å². The lowest BCUT2D eigenvalue weighted by molar-refractivity contribution is 0.122.